The molecular formula is C14H15N3O5. The van der Waals surface area contributed by atoms with E-state index in [2.05, 4.69) is 10.5 Å². The van der Waals surface area contributed by atoms with Crippen LogP contribution in [0.4, 0.5) is 5.88 Å². The van der Waals surface area contributed by atoms with Crippen molar-refractivity contribution >= 4 is 12.1 Å². The van der Waals surface area contributed by atoms with Crippen LogP contribution in [0.25, 0.3) is 0 Å². The lowest BCUT2D eigenvalue weighted by atomic mass is 10.2. The van der Waals surface area contributed by atoms with Crippen molar-refractivity contribution in [3.8, 4) is 11.5 Å². The molecule has 2 rings (SSSR count). The number of furan rings is 1. The molecule has 0 atom stereocenters. The quantitative estimate of drug-likeness (QED) is 0.479. The molecule has 0 bridgehead atoms. The van der Waals surface area contributed by atoms with E-state index in [0.29, 0.717) is 23.8 Å². The summed E-state index contributed by atoms with van der Waals surface area (Å²) in [5.74, 6) is 1.26. The lowest BCUT2D eigenvalue weighted by Gasteiger charge is -2.09. The zero-order valence-electron chi connectivity index (χ0n) is 12.1. The molecule has 8 nitrogen and oxygen atoms in total. The van der Waals surface area contributed by atoms with Crippen molar-refractivity contribution in [2.75, 3.05) is 14.2 Å². The zero-order valence-corrected chi connectivity index (χ0v) is 12.1. The van der Waals surface area contributed by atoms with Gasteiger partial charge in [-0.05, 0) is 23.8 Å². The maximum absolute atomic E-state index is 10.5. The summed E-state index contributed by atoms with van der Waals surface area (Å²) in [5.41, 5.74) is 3.77. The van der Waals surface area contributed by atoms with Gasteiger partial charge in [0, 0.05) is 0 Å². The van der Waals surface area contributed by atoms with Gasteiger partial charge in [0.2, 0.25) is 0 Å². The molecule has 0 spiro atoms. The monoisotopic (exact) mass is 305 g/mol. The first-order valence-corrected chi connectivity index (χ1v) is 6.35. The second kappa shape index (κ2) is 7.11. The predicted octanol–water partition coefficient (Wildman–Crippen LogP) is 2.33. The molecule has 8 heteroatoms. The summed E-state index contributed by atoms with van der Waals surface area (Å²) in [6, 6.07) is 8.26. The number of nitrogens with one attached hydrogen (secondary N) is 1. The third kappa shape index (κ3) is 3.75. The minimum absolute atomic E-state index is 0.298. The van der Waals surface area contributed by atoms with Crippen LogP contribution in [0.3, 0.4) is 0 Å². The molecule has 0 unspecified atom stereocenters. The summed E-state index contributed by atoms with van der Waals surface area (Å²) in [5, 5.41) is 14.4. The van der Waals surface area contributed by atoms with E-state index in [9.17, 15) is 10.1 Å². The van der Waals surface area contributed by atoms with E-state index < -0.39 is 4.92 Å². The Morgan fingerprint density at radius 2 is 2.05 bits per heavy atom. The molecule has 0 radical (unpaired) electrons. The Kier molecular flexibility index (Phi) is 4.97. The minimum Gasteiger partial charge on any atom is -0.493 e. The number of ether oxygens (including phenoxy) is 2. The van der Waals surface area contributed by atoms with Gasteiger partial charge in [-0.25, -0.2) is 0 Å². The van der Waals surface area contributed by atoms with Crippen LogP contribution in [-0.2, 0) is 6.54 Å². The van der Waals surface area contributed by atoms with Gasteiger partial charge in [-0.1, -0.05) is 6.07 Å². The highest BCUT2D eigenvalue weighted by molar-refractivity contribution is 5.75. The molecular weight excluding hydrogens is 290 g/mol. The Balaban J connectivity index is 1.92. The average Bonchev–Trinajstić information content (AvgIpc) is 3.00. The van der Waals surface area contributed by atoms with Crippen LogP contribution < -0.4 is 14.9 Å². The molecule has 0 aliphatic carbocycles. The fourth-order valence-electron chi connectivity index (χ4n) is 1.75. The molecule has 1 aromatic heterocycles. The van der Waals surface area contributed by atoms with Gasteiger partial charge >= 0.3 is 5.88 Å². The molecule has 116 valence electrons. The normalized spacial score (nSPS) is 10.6. The Bertz CT molecular complexity index is 681. The van der Waals surface area contributed by atoms with E-state index in [0.717, 1.165) is 5.56 Å². The molecule has 0 fully saturated rings. The number of hydrazone groups is 1. The molecule has 0 amide bonds. The number of hydrogen-bond acceptors (Lipinski definition) is 7. The van der Waals surface area contributed by atoms with Gasteiger partial charge in [-0.2, -0.15) is 5.10 Å². The molecule has 1 aromatic carbocycles. The Morgan fingerprint density at radius 3 is 2.68 bits per heavy atom. The van der Waals surface area contributed by atoms with Gasteiger partial charge in [-0.15, -0.1) is 0 Å². The van der Waals surface area contributed by atoms with E-state index in [1.807, 2.05) is 12.1 Å². The van der Waals surface area contributed by atoms with E-state index in [-0.39, 0.29) is 5.88 Å². The molecule has 1 N–H and O–H groups in total. The Hall–Kier alpha value is -3.03. The summed E-state index contributed by atoms with van der Waals surface area (Å²) in [4.78, 5) is 9.87. The second-order valence-corrected chi connectivity index (χ2v) is 4.22. The van der Waals surface area contributed by atoms with Crippen molar-refractivity contribution in [2.24, 2.45) is 5.10 Å². The third-order valence-electron chi connectivity index (χ3n) is 2.81. The maximum atomic E-state index is 10.5. The lowest BCUT2D eigenvalue weighted by Crippen LogP contribution is -2.05. The molecule has 2 aromatic rings. The first-order valence-electron chi connectivity index (χ1n) is 6.35. The Morgan fingerprint density at radius 1 is 1.27 bits per heavy atom. The smallest absolute Gasteiger partial charge is 0.433 e. The second-order valence-electron chi connectivity index (χ2n) is 4.22. The topological polar surface area (TPSA) is 99.1 Å². The van der Waals surface area contributed by atoms with E-state index in [4.69, 9.17) is 13.9 Å². The average molecular weight is 305 g/mol. The summed E-state index contributed by atoms with van der Waals surface area (Å²) in [6.45, 7) is 0.458. The van der Waals surface area contributed by atoms with Crippen LogP contribution in [0.15, 0.2) is 39.9 Å². The number of methoxy groups -OCH3 is 2. The first-order chi connectivity index (χ1) is 10.6. The molecule has 0 aliphatic heterocycles. The van der Waals surface area contributed by atoms with Gasteiger partial charge in [-0.3, -0.25) is 10.1 Å². The lowest BCUT2D eigenvalue weighted by molar-refractivity contribution is -0.402. The van der Waals surface area contributed by atoms with Gasteiger partial charge < -0.3 is 19.3 Å². The fourth-order valence-corrected chi connectivity index (χ4v) is 1.75. The first kappa shape index (κ1) is 15.4. The number of nitro groups is 1. The van der Waals surface area contributed by atoms with Crippen molar-refractivity contribution < 1.29 is 18.8 Å². The SMILES string of the molecule is COc1ccc(CN/N=C\c2ccc([N+](=O)[O-])o2)cc1OC. The van der Waals surface area contributed by atoms with Crippen LogP contribution in [0, 0.1) is 10.1 Å². The number of rotatable bonds is 7. The fraction of sp³-hybridized carbons (Fsp3) is 0.214. The van der Waals surface area contributed by atoms with Crippen molar-refractivity contribution in [3.05, 3.63) is 51.8 Å². The Labute approximate surface area is 126 Å². The van der Waals surface area contributed by atoms with Gasteiger partial charge in [0.1, 0.15) is 4.92 Å². The van der Waals surface area contributed by atoms with Crippen LogP contribution in [-0.4, -0.2) is 25.4 Å². The summed E-state index contributed by atoms with van der Waals surface area (Å²) in [7, 11) is 3.14. The van der Waals surface area contributed by atoms with Crippen LogP contribution in [0.1, 0.15) is 11.3 Å². The number of hydrogen-bond donors (Lipinski definition) is 1. The van der Waals surface area contributed by atoms with Gasteiger partial charge in [0.25, 0.3) is 0 Å². The summed E-state index contributed by atoms with van der Waals surface area (Å²) in [6.07, 6.45) is 1.37. The van der Waals surface area contributed by atoms with Crippen LogP contribution >= 0.6 is 0 Å². The number of nitrogens with zero attached hydrogens (tertiary/aromatic N) is 2. The van der Waals surface area contributed by atoms with E-state index >= 15 is 0 Å². The van der Waals surface area contributed by atoms with Crippen molar-refractivity contribution in [1.29, 1.82) is 0 Å². The van der Waals surface area contributed by atoms with Gasteiger partial charge in [0.05, 0.1) is 33.0 Å². The minimum atomic E-state index is -0.603. The molecule has 0 saturated heterocycles. The zero-order chi connectivity index (χ0) is 15.9. The standard InChI is InChI=1S/C14H15N3O5/c1-20-12-5-3-10(7-13(12)21-2)8-15-16-9-11-4-6-14(22-11)17(18)19/h3-7,9,15H,8H2,1-2H3/b16-9-. The highest BCUT2D eigenvalue weighted by atomic mass is 16.6. The predicted molar refractivity (Wildman–Crippen MR) is 79.3 cm³/mol. The van der Waals surface area contributed by atoms with E-state index in [1.165, 1.54) is 18.3 Å². The highest BCUT2D eigenvalue weighted by Gasteiger charge is 2.10. The van der Waals surface area contributed by atoms with Crippen molar-refractivity contribution in [1.82, 2.24) is 5.43 Å². The number of benzene rings is 1. The van der Waals surface area contributed by atoms with Crippen molar-refractivity contribution in [3.63, 3.8) is 0 Å². The molecule has 0 saturated carbocycles. The third-order valence-corrected chi connectivity index (χ3v) is 2.81. The van der Waals surface area contributed by atoms with E-state index in [1.54, 1.807) is 20.3 Å². The molecule has 1 heterocycles. The summed E-state index contributed by atoms with van der Waals surface area (Å²) >= 11 is 0. The molecule has 22 heavy (non-hydrogen) atoms. The van der Waals surface area contributed by atoms with Crippen LogP contribution in [0.2, 0.25) is 0 Å². The molecule has 0 aliphatic rings. The van der Waals surface area contributed by atoms with Crippen LogP contribution in [0.5, 0.6) is 11.5 Å². The van der Waals surface area contributed by atoms with Crippen molar-refractivity contribution in [2.45, 2.75) is 6.54 Å². The maximum Gasteiger partial charge on any atom is 0.433 e. The summed E-state index contributed by atoms with van der Waals surface area (Å²) < 4.78 is 15.3. The largest absolute Gasteiger partial charge is 0.493 e. The van der Waals surface area contributed by atoms with Gasteiger partial charge in [0.15, 0.2) is 17.3 Å². The highest BCUT2D eigenvalue weighted by Crippen LogP contribution is 2.27.